The number of nitrogens with zero attached hydrogens (tertiary/aromatic N) is 3. The van der Waals surface area contributed by atoms with Crippen LogP contribution in [0.3, 0.4) is 0 Å². The second-order valence-electron chi connectivity index (χ2n) is 7.12. The first kappa shape index (κ1) is 22.4. The number of hydrogen-bond acceptors (Lipinski definition) is 7. The molecule has 1 aliphatic rings. The Kier molecular flexibility index (Phi) is 7.62. The molecule has 1 saturated carbocycles. The molecule has 2 atom stereocenters. The molecule has 1 heterocycles. The van der Waals surface area contributed by atoms with Gasteiger partial charge in [0.2, 0.25) is 10.0 Å². The molecule has 158 valence electrons. The monoisotopic (exact) mass is 415 g/mol. The minimum Gasteiger partial charge on any atom is -0.478 e. The van der Waals surface area contributed by atoms with Crippen molar-refractivity contribution < 1.29 is 27.8 Å². The van der Waals surface area contributed by atoms with Crippen LogP contribution in [-0.2, 0) is 19.5 Å². The number of sulfonamides is 1. The zero-order valence-corrected chi connectivity index (χ0v) is 17.6. The number of aromatic nitrogens is 1. The van der Waals surface area contributed by atoms with Crippen LogP contribution < -0.4 is 9.21 Å². The van der Waals surface area contributed by atoms with Crippen molar-refractivity contribution in [3.05, 3.63) is 17.7 Å². The Hall–Kier alpha value is -1.91. The largest absolute Gasteiger partial charge is 0.478 e. The number of aromatic carboxylic acids is 1. The van der Waals surface area contributed by atoms with Gasteiger partial charge in [-0.3, -0.25) is 4.31 Å². The smallest absolute Gasteiger partial charge is 0.335 e. The van der Waals surface area contributed by atoms with Crippen LogP contribution in [0.25, 0.3) is 0 Å². The first-order valence-electron chi connectivity index (χ1n) is 9.13. The number of carboxylic acid groups (broad SMARTS) is 1. The summed E-state index contributed by atoms with van der Waals surface area (Å²) in [5.41, 5.74) is -0.0164. The fraction of sp³-hybridized carbons (Fsp3) is 0.667. The van der Waals surface area contributed by atoms with Gasteiger partial charge in [-0.1, -0.05) is 6.92 Å². The van der Waals surface area contributed by atoms with Crippen molar-refractivity contribution in [2.24, 2.45) is 11.8 Å². The highest BCUT2D eigenvalue weighted by Gasteiger charge is 2.34. The standard InChI is InChI=1S/C18H29N3O6S/c1-13-9-15(13)12-20(5-7-26-2)16-10-14(18(22)23)11-17(19-16)21(6-8-27-3)28(4,24)25/h10-11,13,15H,5-9,12H2,1-4H3,(H,22,23). The van der Waals surface area contributed by atoms with E-state index in [4.69, 9.17) is 9.47 Å². The molecule has 0 saturated heterocycles. The predicted molar refractivity (Wildman–Crippen MR) is 107 cm³/mol. The minimum absolute atomic E-state index is 0.0164. The Balaban J connectivity index is 2.45. The number of pyridine rings is 1. The number of ether oxygens (including phenoxy) is 2. The molecule has 0 spiro atoms. The maximum atomic E-state index is 12.3. The number of rotatable bonds is 12. The first-order valence-corrected chi connectivity index (χ1v) is 11.0. The zero-order valence-electron chi connectivity index (χ0n) is 16.8. The SMILES string of the molecule is COCCN(CC1CC1C)c1cc(C(=O)O)cc(N(CCOC)S(C)(=O)=O)n1. The lowest BCUT2D eigenvalue weighted by atomic mass is 10.2. The van der Waals surface area contributed by atoms with E-state index < -0.39 is 16.0 Å². The Morgan fingerprint density at radius 1 is 1.21 bits per heavy atom. The number of methoxy groups -OCH3 is 2. The highest BCUT2D eigenvalue weighted by atomic mass is 32.2. The normalized spacial score (nSPS) is 18.7. The van der Waals surface area contributed by atoms with Crippen LogP contribution in [0, 0.1) is 11.8 Å². The maximum absolute atomic E-state index is 12.3. The second-order valence-corrected chi connectivity index (χ2v) is 9.02. The van der Waals surface area contributed by atoms with Gasteiger partial charge < -0.3 is 19.5 Å². The quantitative estimate of drug-likeness (QED) is 0.544. The summed E-state index contributed by atoms with van der Waals surface area (Å²) in [7, 11) is -0.591. The Morgan fingerprint density at radius 2 is 1.79 bits per heavy atom. The third-order valence-corrected chi connectivity index (χ3v) is 5.99. The van der Waals surface area contributed by atoms with E-state index in [2.05, 4.69) is 11.9 Å². The van der Waals surface area contributed by atoms with E-state index in [1.54, 1.807) is 7.11 Å². The van der Waals surface area contributed by atoms with E-state index in [1.165, 1.54) is 19.2 Å². The Labute approximate surface area is 166 Å². The number of hydrogen-bond donors (Lipinski definition) is 1. The zero-order chi connectivity index (χ0) is 20.9. The highest BCUT2D eigenvalue weighted by molar-refractivity contribution is 7.92. The molecular formula is C18H29N3O6S. The average Bonchev–Trinajstić information content (AvgIpc) is 3.32. The van der Waals surface area contributed by atoms with Crippen LogP contribution in [0.1, 0.15) is 23.7 Å². The van der Waals surface area contributed by atoms with Crippen molar-refractivity contribution in [2.45, 2.75) is 13.3 Å². The summed E-state index contributed by atoms with van der Waals surface area (Å²) in [4.78, 5) is 18.1. The van der Waals surface area contributed by atoms with Gasteiger partial charge in [-0.25, -0.2) is 18.2 Å². The predicted octanol–water partition coefficient (Wildman–Crippen LogP) is 1.30. The van der Waals surface area contributed by atoms with E-state index in [0.717, 1.165) is 23.5 Å². The van der Waals surface area contributed by atoms with Gasteiger partial charge in [-0.2, -0.15) is 0 Å². The second kappa shape index (κ2) is 9.53. The van der Waals surface area contributed by atoms with E-state index in [1.807, 2.05) is 4.90 Å². The lowest BCUT2D eigenvalue weighted by Gasteiger charge is -2.27. The molecule has 1 N–H and O–H groups in total. The van der Waals surface area contributed by atoms with Crippen molar-refractivity contribution >= 4 is 27.6 Å². The van der Waals surface area contributed by atoms with Gasteiger partial charge in [0.1, 0.15) is 11.6 Å². The summed E-state index contributed by atoms with van der Waals surface area (Å²) in [5.74, 6) is 0.478. The van der Waals surface area contributed by atoms with Gasteiger partial charge >= 0.3 is 5.97 Å². The van der Waals surface area contributed by atoms with Crippen LogP contribution >= 0.6 is 0 Å². The molecule has 9 nitrogen and oxygen atoms in total. The summed E-state index contributed by atoms with van der Waals surface area (Å²) in [6, 6.07) is 2.75. The first-order chi connectivity index (χ1) is 13.2. The summed E-state index contributed by atoms with van der Waals surface area (Å²) < 4.78 is 35.7. The molecule has 1 fully saturated rings. The van der Waals surface area contributed by atoms with Gasteiger partial charge in [0.05, 0.1) is 31.6 Å². The molecule has 1 aliphatic carbocycles. The minimum atomic E-state index is -3.66. The van der Waals surface area contributed by atoms with Crippen molar-refractivity contribution in [3.63, 3.8) is 0 Å². The summed E-state index contributed by atoms with van der Waals surface area (Å²) in [6.45, 7) is 4.08. The summed E-state index contributed by atoms with van der Waals surface area (Å²) in [5, 5.41) is 9.52. The molecule has 2 rings (SSSR count). The van der Waals surface area contributed by atoms with Gasteiger partial charge in [0, 0.05) is 27.3 Å². The van der Waals surface area contributed by atoms with E-state index in [0.29, 0.717) is 30.8 Å². The van der Waals surface area contributed by atoms with E-state index in [-0.39, 0.29) is 24.5 Å². The third kappa shape index (κ3) is 6.05. The molecule has 1 aromatic heterocycles. The van der Waals surface area contributed by atoms with Crippen LogP contribution in [0.4, 0.5) is 11.6 Å². The molecule has 0 aromatic carbocycles. The molecule has 0 amide bonds. The molecule has 10 heteroatoms. The highest BCUT2D eigenvalue weighted by Crippen LogP contribution is 2.39. The van der Waals surface area contributed by atoms with Crippen molar-refractivity contribution in [3.8, 4) is 0 Å². The van der Waals surface area contributed by atoms with E-state index >= 15 is 0 Å². The van der Waals surface area contributed by atoms with Gasteiger partial charge in [0.15, 0.2) is 0 Å². The van der Waals surface area contributed by atoms with Gasteiger partial charge in [-0.05, 0) is 30.4 Å². The van der Waals surface area contributed by atoms with Crippen molar-refractivity contribution in [2.75, 3.05) is 62.5 Å². The summed E-state index contributed by atoms with van der Waals surface area (Å²) in [6.07, 6.45) is 2.17. The van der Waals surface area contributed by atoms with Gasteiger partial charge in [-0.15, -0.1) is 0 Å². The van der Waals surface area contributed by atoms with Gasteiger partial charge in [0.25, 0.3) is 0 Å². The van der Waals surface area contributed by atoms with Crippen molar-refractivity contribution in [1.29, 1.82) is 0 Å². The topological polar surface area (TPSA) is 109 Å². The average molecular weight is 416 g/mol. The molecule has 0 bridgehead atoms. The molecule has 0 aliphatic heterocycles. The van der Waals surface area contributed by atoms with Crippen molar-refractivity contribution in [1.82, 2.24) is 4.98 Å². The fourth-order valence-electron chi connectivity index (χ4n) is 2.98. The number of carboxylic acids is 1. The number of carbonyl (C=O) groups is 1. The fourth-order valence-corrected chi connectivity index (χ4v) is 3.82. The molecule has 28 heavy (non-hydrogen) atoms. The molecule has 1 aromatic rings. The lowest BCUT2D eigenvalue weighted by molar-refractivity contribution is 0.0696. The molecule has 2 unspecified atom stereocenters. The number of anilines is 2. The van der Waals surface area contributed by atoms with Crippen LogP contribution in [-0.4, -0.2) is 77.8 Å². The maximum Gasteiger partial charge on any atom is 0.335 e. The Morgan fingerprint density at radius 3 is 2.29 bits per heavy atom. The van der Waals surface area contributed by atoms with Crippen LogP contribution in [0.2, 0.25) is 0 Å². The van der Waals surface area contributed by atoms with Crippen LogP contribution in [0.5, 0.6) is 0 Å². The molecular weight excluding hydrogens is 386 g/mol. The molecule has 0 radical (unpaired) electrons. The summed E-state index contributed by atoms with van der Waals surface area (Å²) >= 11 is 0. The van der Waals surface area contributed by atoms with Crippen LogP contribution in [0.15, 0.2) is 12.1 Å². The third-order valence-electron chi connectivity index (χ3n) is 4.82. The lowest BCUT2D eigenvalue weighted by Crippen LogP contribution is -2.35. The Bertz CT molecular complexity index is 786. The van der Waals surface area contributed by atoms with E-state index in [9.17, 15) is 18.3 Å².